The summed E-state index contributed by atoms with van der Waals surface area (Å²) < 4.78 is 0. The van der Waals surface area contributed by atoms with E-state index in [9.17, 15) is 9.59 Å². The van der Waals surface area contributed by atoms with Crippen LogP contribution in [0.2, 0.25) is 0 Å². The Balaban J connectivity index is 1.86. The summed E-state index contributed by atoms with van der Waals surface area (Å²) in [6, 6.07) is 8.87. The van der Waals surface area contributed by atoms with Gasteiger partial charge in [-0.3, -0.25) is 4.79 Å². The van der Waals surface area contributed by atoms with Crippen LogP contribution in [0, 0.1) is 17.3 Å². The van der Waals surface area contributed by atoms with E-state index in [-0.39, 0.29) is 29.3 Å². The normalized spacial score (nSPS) is 29.3. The molecule has 1 saturated heterocycles. The molecule has 21 heavy (non-hydrogen) atoms. The van der Waals surface area contributed by atoms with Crippen LogP contribution >= 0.6 is 0 Å². The minimum Gasteiger partial charge on any atom is -0.334 e. The van der Waals surface area contributed by atoms with Crippen LogP contribution in [0.1, 0.15) is 33.6 Å². The van der Waals surface area contributed by atoms with E-state index in [1.54, 1.807) is 12.1 Å². The third-order valence-electron chi connectivity index (χ3n) is 4.85. The third-order valence-corrected chi connectivity index (χ3v) is 4.85. The van der Waals surface area contributed by atoms with E-state index < -0.39 is 0 Å². The number of hydrogen-bond acceptors (Lipinski definition) is 2. The maximum absolute atomic E-state index is 12.8. The molecule has 0 radical (unpaired) electrons. The summed E-state index contributed by atoms with van der Waals surface area (Å²) in [6.45, 7) is 6.61. The molecule has 3 amide bonds. The Morgan fingerprint density at radius 1 is 1.10 bits per heavy atom. The lowest BCUT2D eigenvalue weighted by Crippen LogP contribution is -2.58. The topological polar surface area (TPSA) is 49.4 Å². The Morgan fingerprint density at radius 2 is 1.76 bits per heavy atom. The molecular weight excluding hydrogens is 264 g/mol. The van der Waals surface area contributed by atoms with E-state index in [0.29, 0.717) is 11.6 Å². The Hall–Kier alpha value is -1.84. The van der Waals surface area contributed by atoms with Gasteiger partial charge >= 0.3 is 6.03 Å². The average molecular weight is 286 g/mol. The molecule has 1 saturated carbocycles. The van der Waals surface area contributed by atoms with Gasteiger partial charge in [-0.15, -0.1) is 0 Å². The second-order valence-electron chi connectivity index (χ2n) is 7.21. The highest BCUT2D eigenvalue weighted by molar-refractivity contribution is 6.17. The number of fused-ring (bicyclic) bond motifs is 1. The number of para-hydroxylation sites is 1. The van der Waals surface area contributed by atoms with Gasteiger partial charge in [0.15, 0.2) is 0 Å². The van der Waals surface area contributed by atoms with Crippen molar-refractivity contribution in [2.24, 2.45) is 17.3 Å². The number of nitrogens with zero attached hydrogens (tertiary/aromatic N) is 1. The fourth-order valence-electron chi connectivity index (χ4n) is 3.49. The van der Waals surface area contributed by atoms with Crippen molar-refractivity contribution in [2.75, 3.05) is 4.90 Å². The predicted molar refractivity (Wildman–Crippen MR) is 81.9 cm³/mol. The molecule has 4 nitrogen and oxygen atoms in total. The van der Waals surface area contributed by atoms with Crippen LogP contribution in [0.3, 0.4) is 0 Å². The molecule has 1 aliphatic carbocycles. The lowest BCUT2D eigenvalue weighted by atomic mass is 9.79. The second kappa shape index (κ2) is 4.86. The van der Waals surface area contributed by atoms with E-state index in [4.69, 9.17) is 0 Å². The summed E-state index contributed by atoms with van der Waals surface area (Å²) in [5, 5.41) is 3.03. The fraction of sp³-hybridized carbons (Fsp3) is 0.529. The first-order valence-electron chi connectivity index (χ1n) is 7.57. The molecule has 3 rings (SSSR count). The Labute approximate surface area is 125 Å². The highest BCUT2D eigenvalue weighted by Crippen LogP contribution is 2.44. The van der Waals surface area contributed by atoms with Gasteiger partial charge in [0.25, 0.3) is 0 Å². The summed E-state index contributed by atoms with van der Waals surface area (Å²) >= 11 is 0. The molecule has 0 unspecified atom stereocenters. The number of rotatable bonds is 1. The third kappa shape index (κ3) is 2.43. The van der Waals surface area contributed by atoms with Crippen LogP contribution < -0.4 is 10.2 Å². The largest absolute Gasteiger partial charge is 0.334 e. The minimum absolute atomic E-state index is 0.00538. The zero-order valence-corrected chi connectivity index (χ0v) is 12.8. The van der Waals surface area contributed by atoms with Crippen molar-refractivity contribution in [1.29, 1.82) is 0 Å². The van der Waals surface area contributed by atoms with Gasteiger partial charge in [0.05, 0.1) is 11.6 Å². The summed E-state index contributed by atoms with van der Waals surface area (Å²) in [6.07, 6.45) is 1.75. The zero-order chi connectivity index (χ0) is 15.2. The van der Waals surface area contributed by atoms with Crippen molar-refractivity contribution in [3.8, 4) is 0 Å². The molecule has 3 atom stereocenters. The van der Waals surface area contributed by atoms with Gasteiger partial charge in [-0.05, 0) is 36.3 Å². The van der Waals surface area contributed by atoms with Gasteiger partial charge in [-0.25, -0.2) is 9.69 Å². The smallest absolute Gasteiger partial charge is 0.328 e. The lowest BCUT2D eigenvalue weighted by molar-refractivity contribution is -0.122. The Kier molecular flexibility index (Phi) is 3.27. The van der Waals surface area contributed by atoms with Gasteiger partial charge in [0.2, 0.25) is 5.91 Å². The fourth-order valence-corrected chi connectivity index (χ4v) is 3.49. The van der Waals surface area contributed by atoms with Crippen molar-refractivity contribution in [2.45, 2.75) is 39.7 Å². The van der Waals surface area contributed by atoms with E-state index in [1.807, 2.05) is 18.2 Å². The van der Waals surface area contributed by atoms with E-state index in [2.05, 4.69) is 26.1 Å². The number of carbonyl (C=O) groups is 2. The van der Waals surface area contributed by atoms with Gasteiger partial charge < -0.3 is 5.32 Å². The van der Waals surface area contributed by atoms with Crippen LogP contribution in [-0.2, 0) is 4.79 Å². The van der Waals surface area contributed by atoms with Gasteiger partial charge in [-0.2, -0.15) is 0 Å². The second-order valence-corrected chi connectivity index (χ2v) is 7.21. The minimum atomic E-state index is -0.290. The molecule has 4 heteroatoms. The maximum atomic E-state index is 12.8. The Bertz CT molecular complexity index is 562. The van der Waals surface area contributed by atoms with E-state index >= 15 is 0 Å². The maximum Gasteiger partial charge on any atom is 0.328 e. The summed E-state index contributed by atoms with van der Waals surface area (Å²) in [7, 11) is 0. The molecule has 1 aromatic carbocycles. The van der Waals surface area contributed by atoms with E-state index in [0.717, 1.165) is 12.8 Å². The first-order valence-corrected chi connectivity index (χ1v) is 7.57. The molecule has 112 valence electrons. The van der Waals surface area contributed by atoms with Crippen molar-refractivity contribution >= 4 is 17.6 Å². The number of nitrogens with one attached hydrogen (secondary N) is 1. The number of urea groups is 1. The number of imide groups is 1. The van der Waals surface area contributed by atoms with Crippen molar-refractivity contribution < 1.29 is 9.59 Å². The van der Waals surface area contributed by atoms with Crippen molar-refractivity contribution in [3.05, 3.63) is 30.3 Å². The molecule has 0 aromatic heterocycles. The molecular formula is C17H22N2O2. The van der Waals surface area contributed by atoms with Crippen LogP contribution in [0.4, 0.5) is 10.5 Å². The monoisotopic (exact) mass is 286 g/mol. The zero-order valence-electron chi connectivity index (χ0n) is 12.8. The molecule has 1 aliphatic heterocycles. The van der Waals surface area contributed by atoms with Crippen LogP contribution in [0.15, 0.2) is 30.3 Å². The standard InChI is InChI=1S/C17H22N2O2/c1-17(2,3)11-9-13-14(10-11)18-16(21)19(15(13)20)12-7-5-4-6-8-12/h4-8,11,13-14H,9-10H2,1-3H3,(H,18,21)/t11-,13-,14+/m1/s1. The molecule has 2 aliphatic rings. The van der Waals surface area contributed by atoms with Crippen LogP contribution in [0.25, 0.3) is 0 Å². The summed E-state index contributed by atoms with van der Waals surface area (Å²) in [4.78, 5) is 26.4. The molecule has 1 N–H and O–H groups in total. The quantitative estimate of drug-likeness (QED) is 0.862. The highest BCUT2D eigenvalue weighted by atomic mass is 16.2. The van der Waals surface area contributed by atoms with Crippen LogP contribution in [-0.4, -0.2) is 18.0 Å². The highest BCUT2D eigenvalue weighted by Gasteiger charge is 2.49. The van der Waals surface area contributed by atoms with Gasteiger partial charge in [-0.1, -0.05) is 39.0 Å². The molecule has 1 heterocycles. The molecule has 0 bridgehead atoms. The molecule has 0 spiro atoms. The number of carbonyl (C=O) groups excluding carboxylic acids is 2. The van der Waals surface area contributed by atoms with E-state index in [1.165, 1.54) is 4.90 Å². The summed E-state index contributed by atoms with van der Waals surface area (Å²) in [5.41, 5.74) is 0.817. The Morgan fingerprint density at radius 3 is 2.38 bits per heavy atom. The van der Waals surface area contributed by atoms with Crippen molar-refractivity contribution in [3.63, 3.8) is 0 Å². The SMILES string of the molecule is CC(C)(C)[C@H]1C[C@@H]2NC(=O)N(c3ccccc3)C(=O)[C@@H]2C1. The summed E-state index contributed by atoms with van der Waals surface area (Å²) in [5.74, 6) is 0.321. The van der Waals surface area contributed by atoms with Gasteiger partial charge in [0.1, 0.15) is 0 Å². The van der Waals surface area contributed by atoms with Crippen LogP contribution in [0.5, 0.6) is 0 Å². The average Bonchev–Trinajstić information content (AvgIpc) is 2.84. The lowest BCUT2D eigenvalue weighted by Gasteiger charge is -2.33. The number of hydrogen-bond donors (Lipinski definition) is 1. The predicted octanol–water partition coefficient (Wildman–Crippen LogP) is 3.18. The molecule has 1 aromatic rings. The first kappa shape index (κ1) is 14.1. The number of anilines is 1. The van der Waals surface area contributed by atoms with Crippen molar-refractivity contribution in [1.82, 2.24) is 5.32 Å². The number of amides is 3. The van der Waals surface area contributed by atoms with Gasteiger partial charge in [0, 0.05) is 6.04 Å². The molecule has 2 fully saturated rings. The number of benzene rings is 1. The first-order chi connectivity index (χ1) is 9.88.